The molecule has 0 saturated heterocycles. The maximum absolute atomic E-state index is 11.7. The number of nitrogens with one attached hydrogen (secondary N) is 1. The van der Waals surface area contributed by atoms with Gasteiger partial charge in [-0.25, -0.2) is 13.1 Å². The van der Waals surface area contributed by atoms with Crippen LogP contribution in [0.5, 0.6) is 0 Å². The molecule has 1 aliphatic carbocycles. The lowest BCUT2D eigenvalue weighted by Gasteiger charge is -2.25. The molecule has 0 aromatic heterocycles. The van der Waals surface area contributed by atoms with Crippen molar-refractivity contribution in [1.29, 1.82) is 0 Å². The Morgan fingerprint density at radius 1 is 1.32 bits per heavy atom. The average Bonchev–Trinajstić information content (AvgIpc) is 2.36. The largest absolute Gasteiger partial charge is 0.481 e. The molecule has 6 heteroatoms. The molecule has 0 saturated carbocycles. The number of aryl methyl sites for hydroxylation is 1. The van der Waals surface area contributed by atoms with E-state index in [1.54, 1.807) is 0 Å². The Kier molecular flexibility index (Phi) is 4.21. The number of carboxylic acids is 1. The van der Waals surface area contributed by atoms with E-state index in [1.165, 1.54) is 11.1 Å². The highest BCUT2D eigenvalue weighted by Crippen LogP contribution is 2.21. The van der Waals surface area contributed by atoms with Crippen molar-refractivity contribution in [3.05, 3.63) is 35.4 Å². The molecular formula is C13H17NO4S. The van der Waals surface area contributed by atoms with Crippen LogP contribution in [-0.2, 0) is 27.7 Å². The standard InChI is InChI=1S/C13H17NO4S/c15-13(16)7-8-19(17,18)14-12-6-5-10-3-1-2-4-11(10)9-12/h1-4,12,14H,5-9H2,(H,15,16). The number of carboxylic acid groups (broad SMARTS) is 1. The van der Waals surface area contributed by atoms with Gasteiger partial charge >= 0.3 is 5.97 Å². The zero-order chi connectivity index (χ0) is 13.9. The van der Waals surface area contributed by atoms with Crippen molar-refractivity contribution >= 4 is 16.0 Å². The number of fused-ring (bicyclic) bond motifs is 1. The number of benzene rings is 1. The van der Waals surface area contributed by atoms with Gasteiger partial charge in [0.05, 0.1) is 12.2 Å². The fourth-order valence-corrected chi connectivity index (χ4v) is 3.60. The van der Waals surface area contributed by atoms with Crippen molar-refractivity contribution in [3.8, 4) is 0 Å². The molecule has 2 N–H and O–H groups in total. The lowest BCUT2D eigenvalue weighted by molar-refractivity contribution is -0.136. The summed E-state index contributed by atoms with van der Waals surface area (Å²) in [5, 5.41) is 8.52. The van der Waals surface area contributed by atoms with E-state index in [-0.39, 0.29) is 18.2 Å². The summed E-state index contributed by atoms with van der Waals surface area (Å²) < 4.78 is 26.1. The van der Waals surface area contributed by atoms with Crippen molar-refractivity contribution in [3.63, 3.8) is 0 Å². The van der Waals surface area contributed by atoms with Gasteiger partial charge in [0, 0.05) is 6.04 Å². The van der Waals surface area contributed by atoms with Crippen LogP contribution in [0.4, 0.5) is 0 Å². The lowest BCUT2D eigenvalue weighted by atomic mass is 9.89. The third-order valence-electron chi connectivity index (χ3n) is 3.28. The molecule has 0 bridgehead atoms. The minimum absolute atomic E-state index is 0.131. The summed E-state index contributed by atoms with van der Waals surface area (Å²) in [5.41, 5.74) is 2.43. The first-order valence-electron chi connectivity index (χ1n) is 6.25. The molecule has 0 radical (unpaired) electrons. The number of rotatable bonds is 5. The normalized spacial score (nSPS) is 18.8. The summed E-state index contributed by atoms with van der Waals surface area (Å²) in [6.45, 7) is 0. The molecule has 1 aliphatic rings. The van der Waals surface area contributed by atoms with E-state index in [2.05, 4.69) is 10.8 Å². The van der Waals surface area contributed by atoms with Crippen molar-refractivity contribution in [2.24, 2.45) is 0 Å². The summed E-state index contributed by atoms with van der Waals surface area (Å²) in [7, 11) is -3.51. The predicted molar refractivity (Wildman–Crippen MR) is 71.4 cm³/mol. The molecule has 1 aromatic carbocycles. The van der Waals surface area contributed by atoms with Gasteiger partial charge in [-0.1, -0.05) is 24.3 Å². The predicted octanol–water partition coefficient (Wildman–Crippen LogP) is 0.938. The van der Waals surface area contributed by atoms with E-state index in [4.69, 9.17) is 5.11 Å². The van der Waals surface area contributed by atoms with Crippen molar-refractivity contribution in [2.75, 3.05) is 5.75 Å². The van der Waals surface area contributed by atoms with E-state index >= 15 is 0 Å². The van der Waals surface area contributed by atoms with E-state index < -0.39 is 16.0 Å². The van der Waals surface area contributed by atoms with Crippen LogP contribution in [0, 0.1) is 0 Å². The van der Waals surface area contributed by atoms with Gasteiger partial charge in [-0.05, 0) is 30.4 Å². The third-order valence-corrected chi connectivity index (χ3v) is 4.71. The first-order chi connectivity index (χ1) is 8.96. The molecule has 1 aromatic rings. The van der Waals surface area contributed by atoms with Crippen LogP contribution in [0.15, 0.2) is 24.3 Å². The number of hydrogen-bond donors (Lipinski definition) is 2. The molecule has 5 nitrogen and oxygen atoms in total. The minimum atomic E-state index is -3.51. The second-order valence-electron chi connectivity index (χ2n) is 4.79. The van der Waals surface area contributed by atoms with Crippen molar-refractivity contribution < 1.29 is 18.3 Å². The van der Waals surface area contributed by atoms with Crippen LogP contribution in [0.3, 0.4) is 0 Å². The fraction of sp³-hybridized carbons (Fsp3) is 0.462. The van der Waals surface area contributed by atoms with Gasteiger partial charge in [0.15, 0.2) is 0 Å². The molecule has 0 aliphatic heterocycles. The van der Waals surface area contributed by atoms with Gasteiger partial charge in [0.25, 0.3) is 0 Å². The maximum atomic E-state index is 11.7. The highest BCUT2D eigenvalue weighted by molar-refractivity contribution is 7.89. The number of aliphatic carboxylic acids is 1. The summed E-state index contributed by atoms with van der Waals surface area (Å²) in [6.07, 6.45) is 1.91. The van der Waals surface area contributed by atoms with Gasteiger partial charge in [-0.2, -0.15) is 0 Å². The average molecular weight is 283 g/mol. The SMILES string of the molecule is O=C(O)CCS(=O)(=O)NC1CCc2ccccc2C1. The molecule has 104 valence electrons. The van der Waals surface area contributed by atoms with Crippen LogP contribution >= 0.6 is 0 Å². The van der Waals surface area contributed by atoms with Crippen molar-refractivity contribution in [1.82, 2.24) is 4.72 Å². The first-order valence-corrected chi connectivity index (χ1v) is 7.90. The molecule has 2 rings (SSSR count). The molecule has 19 heavy (non-hydrogen) atoms. The van der Waals surface area contributed by atoms with Gasteiger partial charge in [-0.15, -0.1) is 0 Å². The Balaban J connectivity index is 1.97. The smallest absolute Gasteiger partial charge is 0.304 e. The molecule has 0 heterocycles. The summed E-state index contributed by atoms with van der Waals surface area (Å²) in [5.74, 6) is -1.46. The Morgan fingerprint density at radius 2 is 2.00 bits per heavy atom. The van der Waals surface area contributed by atoms with Gasteiger partial charge in [0.2, 0.25) is 10.0 Å². The second-order valence-corrected chi connectivity index (χ2v) is 6.66. The molecule has 1 atom stereocenters. The van der Waals surface area contributed by atoms with Gasteiger partial charge in [0.1, 0.15) is 0 Å². The quantitative estimate of drug-likeness (QED) is 0.842. The van der Waals surface area contributed by atoms with Gasteiger partial charge < -0.3 is 5.11 Å². The Bertz CT molecular complexity index is 568. The monoisotopic (exact) mass is 283 g/mol. The summed E-state index contributed by atoms with van der Waals surface area (Å²) in [6, 6.07) is 7.86. The lowest BCUT2D eigenvalue weighted by Crippen LogP contribution is -2.40. The Labute approximate surface area is 112 Å². The highest BCUT2D eigenvalue weighted by Gasteiger charge is 2.23. The second kappa shape index (κ2) is 5.71. The Hall–Kier alpha value is -1.40. The zero-order valence-corrected chi connectivity index (χ0v) is 11.3. The van der Waals surface area contributed by atoms with Crippen LogP contribution in [0.25, 0.3) is 0 Å². The van der Waals surface area contributed by atoms with E-state index in [0.717, 1.165) is 12.8 Å². The van der Waals surface area contributed by atoms with Gasteiger partial charge in [-0.3, -0.25) is 4.79 Å². The topological polar surface area (TPSA) is 83.5 Å². The molecule has 0 fully saturated rings. The maximum Gasteiger partial charge on any atom is 0.304 e. The number of carbonyl (C=O) groups is 1. The van der Waals surface area contributed by atoms with E-state index in [9.17, 15) is 13.2 Å². The van der Waals surface area contributed by atoms with Crippen LogP contribution in [-0.4, -0.2) is 31.3 Å². The first kappa shape index (κ1) is 14.0. The summed E-state index contributed by atoms with van der Waals surface area (Å²) in [4.78, 5) is 10.4. The Morgan fingerprint density at radius 3 is 2.68 bits per heavy atom. The number of sulfonamides is 1. The van der Waals surface area contributed by atoms with Crippen molar-refractivity contribution in [2.45, 2.75) is 31.7 Å². The molecule has 1 unspecified atom stereocenters. The third kappa shape index (κ3) is 4.04. The number of hydrogen-bond acceptors (Lipinski definition) is 3. The van der Waals surface area contributed by atoms with Crippen LogP contribution in [0.1, 0.15) is 24.0 Å². The molecule has 0 spiro atoms. The van der Waals surface area contributed by atoms with Crippen LogP contribution in [0.2, 0.25) is 0 Å². The van der Waals surface area contributed by atoms with E-state index in [0.29, 0.717) is 6.42 Å². The zero-order valence-electron chi connectivity index (χ0n) is 10.5. The summed E-state index contributed by atoms with van der Waals surface area (Å²) >= 11 is 0. The highest BCUT2D eigenvalue weighted by atomic mass is 32.2. The molecule has 0 amide bonds. The van der Waals surface area contributed by atoms with Crippen LogP contribution < -0.4 is 4.72 Å². The van der Waals surface area contributed by atoms with E-state index in [1.807, 2.05) is 18.2 Å². The minimum Gasteiger partial charge on any atom is -0.481 e. The fourth-order valence-electron chi connectivity index (χ4n) is 2.33. The molecular weight excluding hydrogens is 266 g/mol.